The van der Waals surface area contributed by atoms with Gasteiger partial charge in [-0.25, -0.2) is 0 Å². The second kappa shape index (κ2) is 5.35. The Morgan fingerprint density at radius 1 is 1.17 bits per heavy atom. The van der Waals surface area contributed by atoms with Crippen LogP contribution < -0.4 is 4.90 Å². The molecule has 0 N–H and O–H groups in total. The molecule has 3 aromatic rings. The summed E-state index contributed by atoms with van der Waals surface area (Å²) in [4.78, 5) is 18.5. The Morgan fingerprint density at radius 2 is 2.00 bits per heavy atom. The van der Waals surface area contributed by atoms with Crippen molar-refractivity contribution in [1.82, 2.24) is 10.1 Å². The van der Waals surface area contributed by atoms with Crippen LogP contribution in [-0.2, 0) is 17.8 Å². The van der Waals surface area contributed by atoms with E-state index in [1.807, 2.05) is 55.6 Å². The van der Waals surface area contributed by atoms with E-state index in [0.29, 0.717) is 13.0 Å². The molecular weight excluding hydrogens is 290 g/mol. The molecule has 3 heterocycles. The van der Waals surface area contributed by atoms with Gasteiger partial charge in [0.1, 0.15) is 11.5 Å². The number of hydrogen-bond donors (Lipinski definition) is 0. The van der Waals surface area contributed by atoms with E-state index in [9.17, 15) is 4.79 Å². The van der Waals surface area contributed by atoms with E-state index < -0.39 is 0 Å². The van der Waals surface area contributed by atoms with Crippen molar-refractivity contribution in [3.63, 3.8) is 0 Å². The highest BCUT2D eigenvalue weighted by molar-refractivity contribution is 6.01. The van der Waals surface area contributed by atoms with E-state index in [2.05, 4.69) is 10.1 Å². The van der Waals surface area contributed by atoms with E-state index in [1.165, 1.54) is 0 Å². The van der Waals surface area contributed by atoms with Crippen LogP contribution in [0.3, 0.4) is 0 Å². The number of amides is 1. The zero-order valence-electron chi connectivity index (χ0n) is 12.7. The lowest BCUT2D eigenvalue weighted by atomic mass is 10.1. The zero-order chi connectivity index (χ0) is 15.8. The standard InChI is InChI=1S/C18H15N3O2/c1-12-7-15(20-23-12)11-21-17-8-14(13-5-3-2-4-6-13)10-19-16(17)9-18(21)22/h2-8,10H,9,11H2,1H3. The van der Waals surface area contributed by atoms with Gasteiger partial charge in [-0.3, -0.25) is 9.78 Å². The maximum Gasteiger partial charge on any atom is 0.233 e. The van der Waals surface area contributed by atoms with Crippen LogP contribution in [0, 0.1) is 6.92 Å². The number of pyridine rings is 1. The van der Waals surface area contributed by atoms with Crippen molar-refractivity contribution >= 4 is 11.6 Å². The molecule has 4 rings (SSSR count). The third-order valence-electron chi connectivity index (χ3n) is 3.96. The molecule has 0 unspecified atom stereocenters. The van der Waals surface area contributed by atoms with E-state index in [1.54, 1.807) is 4.90 Å². The summed E-state index contributed by atoms with van der Waals surface area (Å²) in [6.45, 7) is 2.24. The van der Waals surface area contributed by atoms with Crippen molar-refractivity contribution in [2.75, 3.05) is 4.90 Å². The van der Waals surface area contributed by atoms with E-state index in [4.69, 9.17) is 4.52 Å². The largest absolute Gasteiger partial charge is 0.361 e. The predicted octanol–water partition coefficient (Wildman–Crippen LogP) is 3.13. The van der Waals surface area contributed by atoms with Crippen molar-refractivity contribution < 1.29 is 9.32 Å². The summed E-state index contributed by atoms with van der Waals surface area (Å²) in [6.07, 6.45) is 2.16. The number of fused-ring (bicyclic) bond motifs is 1. The molecule has 1 aromatic carbocycles. The van der Waals surface area contributed by atoms with Gasteiger partial charge in [0.25, 0.3) is 0 Å². The lowest BCUT2D eigenvalue weighted by Crippen LogP contribution is -2.26. The van der Waals surface area contributed by atoms with Crippen LogP contribution in [0.25, 0.3) is 11.1 Å². The van der Waals surface area contributed by atoms with Crippen molar-refractivity contribution in [3.05, 3.63) is 65.8 Å². The Morgan fingerprint density at radius 3 is 2.74 bits per heavy atom. The maximum absolute atomic E-state index is 12.3. The molecule has 2 aromatic heterocycles. The molecular formula is C18H15N3O2. The molecule has 0 atom stereocenters. The number of benzene rings is 1. The number of carbonyl (C=O) groups excluding carboxylic acids is 1. The summed E-state index contributed by atoms with van der Waals surface area (Å²) in [6, 6.07) is 13.9. The van der Waals surface area contributed by atoms with Gasteiger partial charge in [-0.15, -0.1) is 0 Å². The summed E-state index contributed by atoms with van der Waals surface area (Å²) >= 11 is 0. The van der Waals surface area contributed by atoms with Gasteiger partial charge in [-0.2, -0.15) is 0 Å². The summed E-state index contributed by atoms with van der Waals surface area (Å²) in [5.41, 5.74) is 4.50. The molecule has 23 heavy (non-hydrogen) atoms. The first-order valence-electron chi connectivity index (χ1n) is 7.47. The van der Waals surface area contributed by atoms with Crippen LogP contribution in [0.5, 0.6) is 0 Å². The van der Waals surface area contributed by atoms with Crippen LogP contribution in [0.2, 0.25) is 0 Å². The summed E-state index contributed by atoms with van der Waals surface area (Å²) < 4.78 is 5.09. The number of aryl methyl sites for hydroxylation is 1. The van der Waals surface area contributed by atoms with Crippen LogP contribution in [0.1, 0.15) is 17.1 Å². The summed E-state index contributed by atoms with van der Waals surface area (Å²) in [7, 11) is 0. The molecule has 0 aliphatic carbocycles. The zero-order valence-corrected chi connectivity index (χ0v) is 12.7. The average molecular weight is 305 g/mol. The molecule has 0 spiro atoms. The highest BCUT2D eigenvalue weighted by atomic mass is 16.5. The van der Waals surface area contributed by atoms with Crippen LogP contribution in [-0.4, -0.2) is 16.0 Å². The van der Waals surface area contributed by atoms with E-state index in [0.717, 1.165) is 34.0 Å². The Labute approximate surface area is 133 Å². The first-order chi connectivity index (χ1) is 11.2. The molecule has 0 saturated heterocycles. The fraction of sp³-hybridized carbons (Fsp3) is 0.167. The van der Waals surface area contributed by atoms with Gasteiger partial charge >= 0.3 is 0 Å². The third-order valence-corrected chi connectivity index (χ3v) is 3.96. The van der Waals surface area contributed by atoms with E-state index in [-0.39, 0.29) is 5.91 Å². The first kappa shape index (κ1) is 13.7. The summed E-state index contributed by atoms with van der Waals surface area (Å²) in [5.74, 6) is 0.779. The molecule has 114 valence electrons. The van der Waals surface area contributed by atoms with Gasteiger partial charge in [0, 0.05) is 17.8 Å². The van der Waals surface area contributed by atoms with Crippen LogP contribution >= 0.6 is 0 Å². The van der Waals surface area contributed by atoms with Crippen molar-refractivity contribution in [1.29, 1.82) is 0 Å². The average Bonchev–Trinajstić information content (AvgIpc) is 3.12. The highest BCUT2D eigenvalue weighted by Crippen LogP contribution is 2.32. The Kier molecular flexibility index (Phi) is 3.19. The van der Waals surface area contributed by atoms with Crippen LogP contribution in [0.15, 0.2) is 53.2 Å². The number of carbonyl (C=O) groups is 1. The van der Waals surface area contributed by atoms with Crippen molar-refractivity contribution in [2.45, 2.75) is 19.9 Å². The summed E-state index contributed by atoms with van der Waals surface area (Å²) in [5, 5.41) is 3.98. The molecule has 0 radical (unpaired) electrons. The van der Waals surface area contributed by atoms with Gasteiger partial charge in [0.15, 0.2) is 0 Å². The van der Waals surface area contributed by atoms with Gasteiger partial charge in [0.05, 0.1) is 24.3 Å². The lowest BCUT2D eigenvalue weighted by molar-refractivity contribution is -0.117. The van der Waals surface area contributed by atoms with Gasteiger partial charge in [-0.05, 0) is 18.6 Å². The molecule has 0 saturated carbocycles. The maximum atomic E-state index is 12.3. The quantitative estimate of drug-likeness (QED) is 0.746. The molecule has 1 amide bonds. The normalized spacial score (nSPS) is 13.4. The fourth-order valence-electron chi connectivity index (χ4n) is 2.84. The molecule has 0 fully saturated rings. The molecule has 1 aliphatic rings. The smallest absolute Gasteiger partial charge is 0.233 e. The van der Waals surface area contributed by atoms with Crippen molar-refractivity contribution in [3.8, 4) is 11.1 Å². The lowest BCUT2D eigenvalue weighted by Gasteiger charge is -2.16. The molecule has 0 bridgehead atoms. The van der Waals surface area contributed by atoms with Gasteiger partial charge in [0.2, 0.25) is 5.91 Å². The van der Waals surface area contributed by atoms with Gasteiger partial charge < -0.3 is 9.42 Å². The minimum absolute atomic E-state index is 0.0402. The minimum Gasteiger partial charge on any atom is -0.361 e. The Hall–Kier alpha value is -2.95. The third kappa shape index (κ3) is 2.50. The predicted molar refractivity (Wildman–Crippen MR) is 85.8 cm³/mol. The highest BCUT2D eigenvalue weighted by Gasteiger charge is 2.29. The SMILES string of the molecule is Cc1cc(CN2C(=O)Cc3ncc(-c4ccccc4)cc32)no1. The minimum atomic E-state index is 0.0402. The molecule has 1 aliphatic heterocycles. The second-order valence-electron chi connectivity index (χ2n) is 5.64. The molecule has 5 nitrogen and oxygen atoms in total. The molecule has 5 heteroatoms. The number of hydrogen-bond acceptors (Lipinski definition) is 4. The first-order valence-corrected chi connectivity index (χ1v) is 7.47. The monoisotopic (exact) mass is 305 g/mol. The topological polar surface area (TPSA) is 59.2 Å². The number of anilines is 1. The Balaban J connectivity index is 1.70. The van der Waals surface area contributed by atoms with Gasteiger partial charge in [-0.1, -0.05) is 35.5 Å². The Bertz CT molecular complexity index is 871. The van der Waals surface area contributed by atoms with E-state index >= 15 is 0 Å². The number of aromatic nitrogens is 2. The van der Waals surface area contributed by atoms with Crippen LogP contribution in [0.4, 0.5) is 5.69 Å². The number of rotatable bonds is 3. The number of nitrogens with zero attached hydrogens (tertiary/aromatic N) is 3. The van der Waals surface area contributed by atoms with Crippen molar-refractivity contribution in [2.24, 2.45) is 0 Å². The second-order valence-corrected chi connectivity index (χ2v) is 5.64. The fourth-order valence-corrected chi connectivity index (χ4v) is 2.84.